The average molecular weight is 221 g/mol. The van der Waals surface area contributed by atoms with Crippen LogP contribution >= 0.6 is 0 Å². The number of anilines is 1. The van der Waals surface area contributed by atoms with Crippen molar-refractivity contribution in [2.75, 3.05) is 19.5 Å². The SMILES string of the molecule is COc1ccc(NC(=O)NC#N)cc1OC. The lowest BCUT2D eigenvalue weighted by Gasteiger charge is -2.09. The molecule has 0 radical (unpaired) electrons. The molecule has 0 unspecified atom stereocenters. The highest BCUT2D eigenvalue weighted by Gasteiger charge is 2.06. The predicted molar refractivity (Wildman–Crippen MR) is 57.3 cm³/mol. The maximum atomic E-state index is 11.0. The fourth-order valence-corrected chi connectivity index (χ4v) is 1.13. The molecule has 1 aromatic rings. The normalized spacial score (nSPS) is 8.81. The van der Waals surface area contributed by atoms with Crippen molar-refractivity contribution in [3.05, 3.63) is 18.2 Å². The van der Waals surface area contributed by atoms with Gasteiger partial charge in [0.05, 0.1) is 14.2 Å². The van der Waals surface area contributed by atoms with Crippen molar-refractivity contribution in [3.8, 4) is 17.7 Å². The van der Waals surface area contributed by atoms with Crippen LogP contribution in [0.5, 0.6) is 11.5 Å². The zero-order valence-corrected chi connectivity index (χ0v) is 8.90. The highest BCUT2D eigenvalue weighted by Crippen LogP contribution is 2.29. The highest BCUT2D eigenvalue weighted by molar-refractivity contribution is 5.90. The quantitative estimate of drug-likeness (QED) is 0.595. The number of hydrogen-bond donors (Lipinski definition) is 2. The first kappa shape index (κ1) is 11.7. The molecule has 6 heteroatoms. The fourth-order valence-electron chi connectivity index (χ4n) is 1.13. The number of benzene rings is 1. The predicted octanol–water partition coefficient (Wildman–Crippen LogP) is 1.31. The summed E-state index contributed by atoms with van der Waals surface area (Å²) < 4.78 is 10.1. The van der Waals surface area contributed by atoms with Crippen LogP contribution in [0.1, 0.15) is 0 Å². The zero-order valence-electron chi connectivity index (χ0n) is 8.90. The number of carbonyl (C=O) groups is 1. The van der Waals surface area contributed by atoms with E-state index in [2.05, 4.69) is 5.32 Å². The Morgan fingerprint density at radius 2 is 2.00 bits per heavy atom. The van der Waals surface area contributed by atoms with Gasteiger partial charge in [-0.3, -0.25) is 0 Å². The number of nitriles is 1. The van der Waals surface area contributed by atoms with E-state index < -0.39 is 6.03 Å². The van der Waals surface area contributed by atoms with Gasteiger partial charge in [0.25, 0.3) is 0 Å². The number of hydrogen-bond acceptors (Lipinski definition) is 4. The molecule has 0 saturated carbocycles. The van der Waals surface area contributed by atoms with Gasteiger partial charge in [-0.1, -0.05) is 0 Å². The van der Waals surface area contributed by atoms with Crippen LogP contribution in [0, 0.1) is 11.5 Å². The van der Waals surface area contributed by atoms with Crippen molar-refractivity contribution in [1.29, 1.82) is 5.26 Å². The highest BCUT2D eigenvalue weighted by atomic mass is 16.5. The lowest BCUT2D eigenvalue weighted by atomic mass is 10.3. The third kappa shape index (κ3) is 2.78. The number of rotatable bonds is 3. The van der Waals surface area contributed by atoms with Crippen molar-refractivity contribution in [3.63, 3.8) is 0 Å². The van der Waals surface area contributed by atoms with Gasteiger partial charge in [0.2, 0.25) is 0 Å². The molecule has 2 amide bonds. The van der Waals surface area contributed by atoms with Gasteiger partial charge in [0, 0.05) is 11.8 Å². The van der Waals surface area contributed by atoms with Crippen LogP contribution in [0.2, 0.25) is 0 Å². The second-order valence-corrected chi connectivity index (χ2v) is 2.76. The summed E-state index contributed by atoms with van der Waals surface area (Å²) in [6.07, 6.45) is 1.52. The summed E-state index contributed by atoms with van der Waals surface area (Å²) in [5, 5.41) is 12.6. The molecule has 2 N–H and O–H groups in total. The zero-order chi connectivity index (χ0) is 12.0. The van der Waals surface area contributed by atoms with Crippen molar-refractivity contribution < 1.29 is 14.3 Å². The lowest BCUT2D eigenvalue weighted by Crippen LogP contribution is -2.23. The third-order valence-electron chi connectivity index (χ3n) is 1.81. The number of ether oxygens (including phenoxy) is 2. The first-order valence-electron chi connectivity index (χ1n) is 4.39. The Morgan fingerprint density at radius 1 is 1.31 bits per heavy atom. The van der Waals surface area contributed by atoms with Gasteiger partial charge in [0.15, 0.2) is 17.7 Å². The lowest BCUT2D eigenvalue weighted by molar-refractivity contribution is 0.255. The first-order valence-corrected chi connectivity index (χ1v) is 4.39. The number of nitrogens with one attached hydrogen (secondary N) is 2. The Bertz CT molecular complexity index is 426. The van der Waals surface area contributed by atoms with Crippen LogP contribution in [-0.4, -0.2) is 20.3 Å². The summed E-state index contributed by atoms with van der Waals surface area (Å²) in [7, 11) is 3.02. The Kier molecular flexibility index (Phi) is 3.98. The van der Waals surface area contributed by atoms with Gasteiger partial charge < -0.3 is 14.8 Å². The molecule has 0 fully saturated rings. The summed E-state index contributed by atoms with van der Waals surface area (Å²) in [5.74, 6) is 1.06. The Hall–Kier alpha value is -2.42. The van der Waals surface area contributed by atoms with Crippen molar-refractivity contribution in [2.24, 2.45) is 0 Å². The monoisotopic (exact) mass is 221 g/mol. The molecule has 1 rings (SSSR count). The van der Waals surface area contributed by atoms with Crippen LogP contribution in [0.15, 0.2) is 18.2 Å². The first-order chi connectivity index (χ1) is 7.71. The summed E-state index contributed by atoms with van der Waals surface area (Å²) in [6.45, 7) is 0. The molecule has 6 nitrogen and oxygen atoms in total. The fraction of sp³-hybridized carbons (Fsp3) is 0.200. The molecule has 0 atom stereocenters. The van der Waals surface area contributed by atoms with Crippen LogP contribution in [-0.2, 0) is 0 Å². The van der Waals surface area contributed by atoms with Crippen LogP contribution in [0.4, 0.5) is 10.5 Å². The minimum absolute atomic E-state index is 0.497. The summed E-state index contributed by atoms with van der Waals surface area (Å²) in [4.78, 5) is 11.0. The molecule has 0 aliphatic rings. The van der Waals surface area contributed by atoms with Crippen molar-refractivity contribution in [1.82, 2.24) is 5.32 Å². The largest absolute Gasteiger partial charge is 0.493 e. The minimum Gasteiger partial charge on any atom is -0.493 e. The number of urea groups is 1. The number of methoxy groups -OCH3 is 2. The summed E-state index contributed by atoms with van der Waals surface area (Å²) in [5.41, 5.74) is 0.505. The molecule has 1 aromatic carbocycles. The average Bonchev–Trinajstić information content (AvgIpc) is 2.29. The molecule has 0 bridgehead atoms. The third-order valence-corrected chi connectivity index (χ3v) is 1.81. The van der Waals surface area contributed by atoms with Gasteiger partial charge in [-0.2, -0.15) is 5.26 Å². The minimum atomic E-state index is -0.602. The van der Waals surface area contributed by atoms with Gasteiger partial charge in [0.1, 0.15) is 0 Å². The van der Waals surface area contributed by atoms with Gasteiger partial charge >= 0.3 is 6.03 Å². The molecule has 0 spiro atoms. The Labute approximate surface area is 92.8 Å². The van der Waals surface area contributed by atoms with E-state index in [-0.39, 0.29) is 0 Å². The number of carbonyl (C=O) groups excluding carboxylic acids is 1. The number of amides is 2. The van der Waals surface area contributed by atoms with Crippen LogP contribution < -0.4 is 20.1 Å². The van der Waals surface area contributed by atoms with Gasteiger partial charge in [-0.25, -0.2) is 10.1 Å². The van der Waals surface area contributed by atoms with Crippen molar-refractivity contribution >= 4 is 11.7 Å². The Balaban J connectivity index is 2.83. The van der Waals surface area contributed by atoms with E-state index >= 15 is 0 Å². The molecule has 0 aliphatic heterocycles. The summed E-state index contributed by atoms with van der Waals surface area (Å²) >= 11 is 0. The molecular weight excluding hydrogens is 210 g/mol. The van der Waals surface area contributed by atoms with Crippen molar-refractivity contribution in [2.45, 2.75) is 0 Å². The van der Waals surface area contributed by atoms with E-state index in [4.69, 9.17) is 14.7 Å². The van der Waals surface area contributed by atoms with Gasteiger partial charge in [-0.05, 0) is 12.1 Å². The molecule has 0 heterocycles. The van der Waals surface area contributed by atoms with E-state index in [1.165, 1.54) is 20.4 Å². The van der Waals surface area contributed by atoms with Crippen LogP contribution in [0.25, 0.3) is 0 Å². The standard InChI is InChI=1S/C10H11N3O3/c1-15-8-4-3-7(5-9(8)16-2)13-10(14)12-6-11/h3-5H,1-2H3,(H2,12,13,14). The number of nitrogens with zero attached hydrogens (tertiary/aromatic N) is 1. The maximum absolute atomic E-state index is 11.0. The van der Waals surface area contributed by atoms with E-state index in [1.54, 1.807) is 18.2 Å². The molecule has 0 aliphatic carbocycles. The molecule has 0 aromatic heterocycles. The second-order valence-electron chi connectivity index (χ2n) is 2.76. The van der Waals surface area contributed by atoms with Gasteiger partial charge in [-0.15, -0.1) is 0 Å². The molecule has 0 saturated heterocycles. The van der Waals surface area contributed by atoms with E-state index in [9.17, 15) is 4.79 Å². The molecule has 84 valence electrons. The Morgan fingerprint density at radius 3 is 2.56 bits per heavy atom. The molecular formula is C10H11N3O3. The van der Waals surface area contributed by atoms with E-state index in [0.717, 1.165) is 0 Å². The second kappa shape index (κ2) is 5.46. The van der Waals surface area contributed by atoms with E-state index in [0.29, 0.717) is 17.2 Å². The summed E-state index contributed by atoms with van der Waals surface area (Å²) in [6, 6.07) is 4.28. The molecule has 16 heavy (non-hydrogen) atoms. The van der Waals surface area contributed by atoms with E-state index in [1.807, 2.05) is 5.32 Å². The topological polar surface area (TPSA) is 83.4 Å². The smallest absolute Gasteiger partial charge is 0.332 e. The maximum Gasteiger partial charge on any atom is 0.332 e. The van der Waals surface area contributed by atoms with Crippen LogP contribution in [0.3, 0.4) is 0 Å².